The number of hydrogen-bond acceptors (Lipinski definition) is 2. The van der Waals surface area contributed by atoms with Gasteiger partial charge in [0.25, 0.3) is 0 Å². The lowest BCUT2D eigenvalue weighted by atomic mass is 9.86. The van der Waals surface area contributed by atoms with E-state index in [4.69, 9.17) is 0 Å². The molecular formula is C11H20N2O2. The van der Waals surface area contributed by atoms with E-state index >= 15 is 0 Å². The lowest BCUT2D eigenvalue weighted by molar-refractivity contribution is -0.130. The van der Waals surface area contributed by atoms with Crippen LogP contribution in [0.15, 0.2) is 12.7 Å². The van der Waals surface area contributed by atoms with Gasteiger partial charge in [-0.2, -0.15) is 0 Å². The summed E-state index contributed by atoms with van der Waals surface area (Å²) in [6.07, 6.45) is 1.60. The van der Waals surface area contributed by atoms with E-state index in [9.17, 15) is 9.59 Å². The minimum Gasteiger partial charge on any atom is -0.351 e. The van der Waals surface area contributed by atoms with Gasteiger partial charge in [0.05, 0.1) is 0 Å². The Morgan fingerprint density at radius 1 is 1.40 bits per heavy atom. The molecule has 0 saturated heterocycles. The van der Waals surface area contributed by atoms with Crippen LogP contribution in [0, 0.1) is 5.41 Å². The van der Waals surface area contributed by atoms with E-state index in [0.29, 0.717) is 6.54 Å². The first-order valence-corrected chi connectivity index (χ1v) is 4.94. The predicted molar refractivity (Wildman–Crippen MR) is 60.3 cm³/mol. The maximum absolute atomic E-state index is 11.7. The SMILES string of the molecule is C=CCNC(=O)C(NC(C)=O)C(C)(C)C. The fourth-order valence-electron chi connectivity index (χ4n) is 1.15. The second-order valence-corrected chi connectivity index (χ2v) is 4.53. The van der Waals surface area contributed by atoms with Crippen molar-refractivity contribution in [2.75, 3.05) is 6.54 Å². The molecule has 0 aromatic heterocycles. The van der Waals surface area contributed by atoms with Crippen LogP contribution in [-0.4, -0.2) is 24.4 Å². The third-order valence-corrected chi connectivity index (χ3v) is 1.90. The molecule has 1 atom stereocenters. The van der Waals surface area contributed by atoms with Crippen LogP contribution in [0.1, 0.15) is 27.7 Å². The molecule has 15 heavy (non-hydrogen) atoms. The average molecular weight is 212 g/mol. The van der Waals surface area contributed by atoms with E-state index in [0.717, 1.165) is 0 Å². The Morgan fingerprint density at radius 3 is 2.27 bits per heavy atom. The molecule has 0 spiro atoms. The van der Waals surface area contributed by atoms with E-state index in [1.54, 1.807) is 6.08 Å². The van der Waals surface area contributed by atoms with Gasteiger partial charge in [0.15, 0.2) is 0 Å². The van der Waals surface area contributed by atoms with Crippen LogP contribution in [0.2, 0.25) is 0 Å². The van der Waals surface area contributed by atoms with Gasteiger partial charge in [-0.3, -0.25) is 9.59 Å². The Bertz CT molecular complexity index is 254. The molecule has 0 aliphatic rings. The third-order valence-electron chi connectivity index (χ3n) is 1.90. The molecular weight excluding hydrogens is 192 g/mol. The van der Waals surface area contributed by atoms with E-state index in [1.165, 1.54) is 6.92 Å². The molecule has 0 aromatic carbocycles. The molecule has 0 aliphatic carbocycles. The van der Waals surface area contributed by atoms with Gasteiger partial charge in [-0.1, -0.05) is 26.8 Å². The van der Waals surface area contributed by atoms with Crippen LogP contribution in [0.25, 0.3) is 0 Å². The lowest BCUT2D eigenvalue weighted by Crippen LogP contribution is -2.53. The largest absolute Gasteiger partial charge is 0.351 e. The van der Waals surface area contributed by atoms with Crippen LogP contribution >= 0.6 is 0 Å². The van der Waals surface area contributed by atoms with Crippen molar-refractivity contribution in [2.45, 2.75) is 33.7 Å². The maximum atomic E-state index is 11.7. The first-order chi connectivity index (χ1) is 6.79. The van der Waals surface area contributed by atoms with Crippen molar-refractivity contribution >= 4 is 11.8 Å². The molecule has 0 bridgehead atoms. The highest BCUT2D eigenvalue weighted by Gasteiger charge is 2.31. The standard InChI is InChI=1S/C11H20N2O2/c1-6-7-12-10(15)9(11(3,4)5)13-8(2)14/h6,9H,1,7H2,2-5H3,(H,12,15)(H,13,14). The molecule has 0 heterocycles. The van der Waals surface area contributed by atoms with Gasteiger partial charge in [0, 0.05) is 13.5 Å². The van der Waals surface area contributed by atoms with Crippen molar-refractivity contribution in [1.82, 2.24) is 10.6 Å². The van der Waals surface area contributed by atoms with Gasteiger partial charge in [-0.05, 0) is 5.41 Å². The molecule has 0 fully saturated rings. The normalized spacial score (nSPS) is 12.8. The van der Waals surface area contributed by atoms with Crippen LogP contribution < -0.4 is 10.6 Å². The molecule has 0 radical (unpaired) electrons. The quantitative estimate of drug-likeness (QED) is 0.678. The van der Waals surface area contributed by atoms with Gasteiger partial charge in [-0.25, -0.2) is 0 Å². The second-order valence-electron chi connectivity index (χ2n) is 4.53. The minimum atomic E-state index is -0.519. The topological polar surface area (TPSA) is 58.2 Å². The summed E-state index contributed by atoms with van der Waals surface area (Å²) in [5.74, 6) is -0.388. The summed E-state index contributed by atoms with van der Waals surface area (Å²) in [4.78, 5) is 22.7. The first kappa shape index (κ1) is 13.7. The summed E-state index contributed by atoms with van der Waals surface area (Å²) in [5, 5.41) is 5.32. The molecule has 2 N–H and O–H groups in total. The van der Waals surface area contributed by atoms with Crippen LogP contribution in [0.5, 0.6) is 0 Å². The second kappa shape index (κ2) is 5.53. The number of carbonyl (C=O) groups excluding carboxylic acids is 2. The Morgan fingerprint density at radius 2 is 1.93 bits per heavy atom. The van der Waals surface area contributed by atoms with E-state index < -0.39 is 6.04 Å². The molecule has 0 saturated carbocycles. The van der Waals surface area contributed by atoms with Crippen molar-refractivity contribution in [1.29, 1.82) is 0 Å². The van der Waals surface area contributed by atoms with E-state index in [2.05, 4.69) is 17.2 Å². The zero-order chi connectivity index (χ0) is 12.1. The molecule has 2 amide bonds. The molecule has 4 nitrogen and oxygen atoms in total. The third kappa shape index (κ3) is 5.20. The molecule has 86 valence electrons. The highest BCUT2D eigenvalue weighted by molar-refractivity contribution is 5.87. The number of amides is 2. The molecule has 0 aliphatic heterocycles. The smallest absolute Gasteiger partial charge is 0.243 e. The summed E-state index contributed by atoms with van der Waals surface area (Å²) < 4.78 is 0. The monoisotopic (exact) mass is 212 g/mol. The predicted octanol–water partition coefficient (Wildman–Crippen LogP) is 0.839. The molecule has 4 heteroatoms. The Hall–Kier alpha value is -1.32. The van der Waals surface area contributed by atoms with Gasteiger partial charge in [-0.15, -0.1) is 6.58 Å². The summed E-state index contributed by atoms with van der Waals surface area (Å²) in [7, 11) is 0. The fraction of sp³-hybridized carbons (Fsp3) is 0.636. The van der Waals surface area contributed by atoms with Crippen molar-refractivity contribution < 1.29 is 9.59 Å². The maximum Gasteiger partial charge on any atom is 0.243 e. The summed E-state index contributed by atoms with van der Waals surface area (Å²) in [5.41, 5.74) is -0.309. The molecule has 1 unspecified atom stereocenters. The summed E-state index contributed by atoms with van der Waals surface area (Å²) in [6, 6.07) is -0.519. The van der Waals surface area contributed by atoms with Gasteiger partial charge < -0.3 is 10.6 Å². The van der Waals surface area contributed by atoms with Gasteiger partial charge in [0.1, 0.15) is 6.04 Å². The Kier molecular flexibility index (Phi) is 5.05. The van der Waals surface area contributed by atoms with Crippen molar-refractivity contribution in [3.8, 4) is 0 Å². The first-order valence-electron chi connectivity index (χ1n) is 4.94. The number of nitrogens with one attached hydrogen (secondary N) is 2. The number of hydrogen-bond donors (Lipinski definition) is 2. The van der Waals surface area contributed by atoms with Crippen LogP contribution in [0.4, 0.5) is 0 Å². The van der Waals surface area contributed by atoms with Gasteiger partial charge in [0.2, 0.25) is 11.8 Å². The minimum absolute atomic E-state index is 0.183. The van der Waals surface area contributed by atoms with Crippen molar-refractivity contribution in [3.63, 3.8) is 0 Å². The molecule has 0 rings (SSSR count). The number of carbonyl (C=O) groups is 2. The summed E-state index contributed by atoms with van der Waals surface area (Å²) in [6.45, 7) is 11.0. The van der Waals surface area contributed by atoms with Crippen LogP contribution in [0.3, 0.4) is 0 Å². The van der Waals surface area contributed by atoms with Gasteiger partial charge >= 0.3 is 0 Å². The Balaban J connectivity index is 4.55. The van der Waals surface area contributed by atoms with Crippen molar-refractivity contribution in [3.05, 3.63) is 12.7 Å². The lowest BCUT2D eigenvalue weighted by Gasteiger charge is -2.29. The highest BCUT2D eigenvalue weighted by atomic mass is 16.2. The fourth-order valence-corrected chi connectivity index (χ4v) is 1.15. The van der Waals surface area contributed by atoms with Crippen molar-refractivity contribution in [2.24, 2.45) is 5.41 Å². The summed E-state index contributed by atoms with van der Waals surface area (Å²) >= 11 is 0. The molecule has 0 aromatic rings. The van der Waals surface area contributed by atoms with Crippen LogP contribution in [-0.2, 0) is 9.59 Å². The van der Waals surface area contributed by atoms with E-state index in [1.807, 2.05) is 20.8 Å². The van der Waals surface area contributed by atoms with E-state index in [-0.39, 0.29) is 17.2 Å². The Labute approximate surface area is 91.1 Å². The zero-order valence-corrected chi connectivity index (χ0v) is 9.89. The highest BCUT2D eigenvalue weighted by Crippen LogP contribution is 2.19. The average Bonchev–Trinajstić information content (AvgIpc) is 2.08. The number of rotatable bonds is 4. The zero-order valence-electron chi connectivity index (χ0n) is 9.89.